The lowest BCUT2D eigenvalue weighted by Crippen LogP contribution is -2.13. The molecule has 0 amide bonds. The highest BCUT2D eigenvalue weighted by Crippen LogP contribution is 2.15. The van der Waals surface area contributed by atoms with Crippen molar-refractivity contribution >= 4 is 28.5 Å². The molecule has 2 nitrogen and oxygen atoms in total. The van der Waals surface area contributed by atoms with Gasteiger partial charge in [-0.25, -0.2) is 4.98 Å². The molecule has 0 saturated carbocycles. The molecule has 1 aromatic carbocycles. The summed E-state index contributed by atoms with van der Waals surface area (Å²) in [5.74, 6) is 2.82. The topological polar surface area (TPSA) is 24.9 Å². The van der Waals surface area contributed by atoms with Gasteiger partial charge in [0, 0.05) is 11.9 Å². The maximum atomic E-state index is 4.59. The number of hydrogen-bond acceptors (Lipinski definition) is 3. The van der Waals surface area contributed by atoms with Gasteiger partial charge in [-0.05, 0) is 36.1 Å². The molecule has 90 valence electrons. The van der Waals surface area contributed by atoms with Crippen LogP contribution < -0.4 is 5.32 Å². The molecule has 0 saturated heterocycles. The van der Waals surface area contributed by atoms with Crippen LogP contribution in [0.2, 0.25) is 0 Å². The number of fused-ring (bicyclic) bond motifs is 1. The van der Waals surface area contributed by atoms with E-state index in [1.807, 2.05) is 36.0 Å². The van der Waals surface area contributed by atoms with Crippen molar-refractivity contribution in [3.63, 3.8) is 0 Å². The Balaban J connectivity index is 2.04. The number of pyridine rings is 1. The first kappa shape index (κ1) is 12.2. The van der Waals surface area contributed by atoms with E-state index in [2.05, 4.69) is 35.6 Å². The van der Waals surface area contributed by atoms with Gasteiger partial charge in [-0.3, -0.25) is 0 Å². The second-order valence-corrected chi connectivity index (χ2v) is 5.24. The fourth-order valence-corrected chi connectivity index (χ4v) is 2.47. The number of anilines is 1. The molecule has 0 aliphatic heterocycles. The molecule has 1 N–H and O–H groups in total. The molecule has 0 spiro atoms. The smallest absolute Gasteiger partial charge is 0.126 e. The van der Waals surface area contributed by atoms with Gasteiger partial charge in [0.1, 0.15) is 5.82 Å². The zero-order valence-electron chi connectivity index (χ0n) is 10.3. The Hall–Kier alpha value is -1.22. The second kappa shape index (κ2) is 5.92. The number of nitrogens with zero attached hydrogens (tertiary/aromatic N) is 1. The Bertz CT molecular complexity index is 484. The summed E-state index contributed by atoms with van der Waals surface area (Å²) < 4.78 is 0. The first-order valence-corrected chi connectivity index (χ1v) is 7.27. The maximum absolute atomic E-state index is 4.59. The standard InChI is InChI=1S/C14H18N2S/c1-11(10-17-2)9-15-14-8-7-12-5-3-4-6-13(12)16-14/h3-8,11H,9-10H2,1-2H3,(H,15,16). The van der Waals surface area contributed by atoms with Gasteiger partial charge in [0.2, 0.25) is 0 Å². The molecule has 0 bridgehead atoms. The fourth-order valence-electron chi connectivity index (χ4n) is 1.79. The van der Waals surface area contributed by atoms with Crippen LogP contribution in [0, 0.1) is 5.92 Å². The summed E-state index contributed by atoms with van der Waals surface area (Å²) in [4.78, 5) is 4.59. The first-order valence-electron chi connectivity index (χ1n) is 5.88. The maximum Gasteiger partial charge on any atom is 0.126 e. The molecule has 2 rings (SSSR count). The Morgan fingerprint density at radius 2 is 2.06 bits per heavy atom. The molecule has 1 unspecified atom stereocenters. The number of hydrogen-bond donors (Lipinski definition) is 1. The molecule has 0 aliphatic rings. The van der Waals surface area contributed by atoms with Crippen molar-refractivity contribution in [2.24, 2.45) is 5.92 Å². The lowest BCUT2D eigenvalue weighted by atomic mass is 10.2. The largest absolute Gasteiger partial charge is 0.370 e. The van der Waals surface area contributed by atoms with Crippen LogP contribution in [0.25, 0.3) is 10.9 Å². The van der Waals surface area contributed by atoms with E-state index in [1.54, 1.807) is 0 Å². The summed E-state index contributed by atoms with van der Waals surface area (Å²) in [7, 11) is 0. The lowest BCUT2D eigenvalue weighted by molar-refractivity contribution is 0.700. The van der Waals surface area contributed by atoms with Crippen LogP contribution in [0.3, 0.4) is 0 Å². The Kier molecular flexibility index (Phi) is 4.26. The average Bonchev–Trinajstić information content (AvgIpc) is 2.36. The fraction of sp³-hybridized carbons (Fsp3) is 0.357. The third-order valence-corrected chi connectivity index (χ3v) is 3.58. The minimum absolute atomic E-state index is 0.665. The first-order chi connectivity index (χ1) is 8.29. The van der Waals surface area contributed by atoms with Crippen LogP contribution in [0.5, 0.6) is 0 Å². The summed E-state index contributed by atoms with van der Waals surface area (Å²) >= 11 is 1.89. The highest BCUT2D eigenvalue weighted by molar-refractivity contribution is 7.98. The van der Waals surface area contributed by atoms with Crippen LogP contribution >= 0.6 is 11.8 Å². The normalized spacial score (nSPS) is 12.6. The molecule has 1 atom stereocenters. The summed E-state index contributed by atoms with van der Waals surface area (Å²) in [6.07, 6.45) is 2.14. The van der Waals surface area contributed by atoms with Gasteiger partial charge in [0.05, 0.1) is 5.52 Å². The number of thioether (sulfide) groups is 1. The van der Waals surface area contributed by atoms with E-state index in [4.69, 9.17) is 0 Å². The molecule has 1 heterocycles. The number of nitrogens with one attached hydrogen (secondary N) is 1. The van der Waals surface area contributed by atoms with E-state index < -0.39 is 0 Å². The number of para-hydroxylation sites is 1. The molecule has 0 aliphatic carbocycles. The predicted octanol–water partition coefficient (Wildman–Crippen LogP) is 3.65. The Morgan fingerprint density at radius 1 is 1.24 bits per heavy atom. The predicted molar refractivity (Wildman–Crippen MR) is 77.8 cm³/mol. The molecule has 2 aromatic rings. The van der Waals surface area contributed by atoms with E-state index in [9.17, 15) is 0 Å². The average molecular weight is 246 g/mol. The molecular weight excluding hydrogens is 228 g/mol. The molecule has 17 heavy (non-hydrogen) atoms. The van der Waals surface area contributed by atoms with Crippen LogP contribution in [-0.2, 0) is 0 Å². The van der Waals surface area contributed by atoms with E-state index >= 15 is 0 Å². The van der Waals surface area contributed by atoms with Crippen LogP contribution in [0.15, 0.2) is 36.4 Å². The van der Waals surface area contributed by atoms with Crippen molar-refractivity contribution in [1.29, 1.82) is 0 Å². The molecular formula is C14H18N2S. The van der Waals surface area contributed by atoms with Gasteiger partial charge in [-0.1, -0.05) is 25.1 Å². The third kappa shape index (κ3) is 3.37. The minimum atomic E-state index is 0.665. The molecule has 0 radical (unpaired) electrons. The van der Waals surface area contributed by atoms with Crippen molar-refractivity contribution < 1.29 is 0 Å². The van der Waals surface area contributed by atoms with Gasteiger partial charge >= 0.3 is 0 Å². The van der Waals surface area contributed by atoms with Gasteiger partial charge in [-0.15, -0.1) is 0 Å². The monoisotopic (exact) mass is 246 g/mol. The van der Waals surface area contributed by atoms with Crippen molar-refractivity contribution in [3.05, 3.63) is 36.4 Å². The van der Waals surface area contributed by atoms with Crippen molar-refractivity contribution in [2.45, 2.75) is 6.92 Å². The quantitative estimate of drug-likeness (QED) is 0.871. The lowest BCUT2D eigenvalue weighted by Gasteiger charge is -2.11. The van der Waals surface area contributed by atoms with Gasteiger partial charge in [-0.2, -0.15) is 11.8 Å². The van der Waals surface area contributed by atoms with E-state index in [0.717, 1.165) is 17.9 Å². The summed E-state index contributed by atoms with van der Waals surface area (Å²) in [6.45, 7) is 3.23. The van der Waals surface area contributed by atoms with Crippen LogP contribution in [0.4, 0.5) is 5.82 Å². The summed E-state index contributed by atoms with van der Waals surface area (Å²) in [5, 5.41) is 4.59. The Morgan fingerprint density at radius 3 is 2.88 bits per heavy atom. The zero-order valence-corrected chi connectivity index (χ0v) is 11.1. The van der Waals surface area contributed by atoms with E-state index in [1.165, 1.54) is 11.1 Å². The molecule has 3 heteroatoms. The SMILES string of the molecule is CSCC(C)CNc1ccc2ccccc2n1. The van der Waals surface area contributed by atoms with Crippen LogP contribution in [-0.4, -0.2) is 23.5 Å². The van der Waals surface area contributed by atoms with Crippen LogP contribution in [0.1, 0.15) is 6.92 Å². The van der Waals surface area contributed by atoms with E-state index in [0.29, 0.717) is 5.92 Å². The van der Waals surface area contributed by atoms with Gasteiger partial charge in [0.25, 0.3) is 0 Å². The third-order valence-electron chi connectivity index (χ3n) is 2.68. The van der Waals surface area contributed by atoms with Crippen molar-refractivity contribution in [2.75, 3.05) is 23.9 Å². The minimum Gasteiger partial charge on any atom is -0.370 e. The van der Waals surface area contributed by atoms with Crippen molar-refractivity contribution in [1.82, 2.24) is 4.98 Å². The molecule has 0 fully saturated rings. The van der Waals surface area contributed by atoms with Crippen molar-refractivity contribution in [3.8, 4) is 0 Å². The number of rotatable bonds is 5. The zero-order chi connectivity index (χ0) is 12.1. The Labute approximate surface area is 107 Å². The second-order valence-electron chi connectivity index (χ2n) is 4.33. The number of benzene rings is 1. The van der Waals surface area contributed by atoms with E-state index in [-0.39, 0.29) is 0 Å². The summed E-state index contributed by atoms with van der Waals surface area (Å²) in [5.41, 5.74) is 1.05. The van der Waals surface area contributed by atoms with Gasteiger partial charge in [0.15, 0.2) is 0 Å². The number of aromatic nitrogens is 1. The highest BCUT2D eigenvalue weighted by Gasteiger charge is 2.02. The summed E-state index contributed by atoms with van der Waals surface area (Å²) in [6, 6.07) is 12.4. The highest BCUT2D eigenvalue weighted by atomic mass is 32.2. The molecule has 1 aromatic heterocycles. The van der Waals surface area contributed by atoms with Gasteiger partial charge < -0.3 is 5.32 Å².